The second kappa shape index (κ2) is 6.55. The standard InChI is InChI=1S/C12H17N5O3S/c1-17-9-14-12(16-17)8-15-21(18,19)7-6-20-11-5-3-2-4-10(11)13/h2-5,9,15H,6-8,13H2,1H3. The Morgan fingerprint density at radius 3 is 2.81 bits per heavy atom. The molecule has 114 valence electrons. The van der Waals surface area contributed by atoms with E-state index in [0.29, 0.717) is 17.3 Å². The Balaban J connectivity index is 1.80. The molecule has 0 aliphatic rings. The molecule has 1 aromatic carbocycles. The van der Waals surface area contributed by atoms with Crippen LogP contribution in [0.15, 0.2) is 30.6 Å². The zero-order valence-corrected chi connectivity index (χ0v) is 12.4. The Hall–Kier alpha value is -2.13. The number of hydrogen-bond donors (Lipinski definition) is 2. The van der Waals surface area contributed by atoms with Crippen LogP contribution in [0.1, 0.15) is 5.82 Å². The maximum Gasteiger partial charge on any atom is 0.215 e. The summed E-state index contributed by atoms with van der Waals surface area (Å²) in [6.07, 6.45) is 1.50. The summed E-state index contributed by atoms with van der Waals surface area (Å²) in [6, 6.07) is 6.92. The van der Waals surface area contributed by atoms with Gasteiger partial charge in [-0.25, -0.2) is 18.1 Å². The zero-order chi connectivity index (χ0) is 15.3. The lowest BCUT2D eigenvalue weighted by molar-refractivity contribution is 0.342. The fourth-order valence-corrected chi connectivity index (χ4v) is 2.38. The summed E-state index contributed by atoms with van der Waals surface area (Å²) in [7, 11) is -1.75. The van der Waals surface area contributed by atoms with Gasteiger partial charge in [0.1, 0.15) is 18.7 Å². The molecule has 0 fully saturated rings. The summed E-state index contributed by atoms with van der Waals surface area (Å²) in [5.41, 5.74) is 6.17. The van der Waals surface area contributed by atoms with Crippen molar-refractivity contribution in [3.8, 4) is 5.75 Å². The molecule has 0 atom stereocenters. The van der Waals surface area contributed by atoms with Gasteiger partial charge in [-0.3, -0.25) is 4.68 Å². The van der Waals surface area contributed by atoms with Crippen molar-refractivity contribution >= 4 is 15.7 Å². The van der Waals surface area contributed by atoms with Crippen LogP contribution in [0.4, 0.5) is 5.69 Å². The number of nitrogens with zero attached hydrogens (tertiary/aromatic N) is 3. The molecule has 0 spiro atoms. The van der Waals surface area contributed by atoms with Crippen LogP contribution in [-0.2, 0) is 23.6 Å². The molecule has 0 aliphatic heterocycles. The number of para-hydroxylation sites is 2. The van der Waals surface area contributed by atoms with Gasteiger partial charge in [-0.1, -0.05) is 12.1 Å². The smallest absolute Gasteiger partial charge is 0.215 e. The van der Waals surface area contributed by atoms with Crippen LogP contribution in [0.5, 0.6) is 5.75 Å². The average molecular weight is 311 g/mol. The first kappa shape index (κ1) is 15.3. The molecule has 1 heterocycles. The summed E-state index contributed by atoms with van der Waals surface area (Å²) in [6.45, 7) is 0.0653. The van der Waals surface area contributed by atoms with Gasteiger partial charge in [0, 0.05) is 7.05 Å². The second-order valence-corrected chi connectivity index (χ2v) is 6.29. The summed E-state index contributed by atoms with van der Waals surface area (Å²) in [5, 5.41) is 3.98. The van der Waals surface area contributed by atoms with E-state index in [1.54, 1.807) is 31.3 Å². The number of aryl methyl sites for hydroxylation is 1. The Morgan fingerprint density at radius 1 is 1.38 bits per heavy atom. The minimum absolute atomic E-state index is 0.0131. The van der Waals surface area contributed by atoms with Gasteiger partial charge in [-0.05, 0) is 12.1 Å². The number of hydrogen-bond acceptors (Lipinski definition) is 6. The Morgan fingerprint density at radius 2 is 2.14 bits per heavy atom. The monoisotopic (exact) mass is 311 g/mol. The molecular weight excluding hydrogens is 294 g/mol. The number of ether oxygens (including phenoxy) is 1. The lowest BCUT2D eigenvalue weighted by Crippen LogP contribution is -2.29. The zero-order valence-electron chi connectivity index (χ0n) is 11.6. The molecule has 1 aromatic heterocycles. The highest BCUT2D eigenvalue weighted by Gasteiger charge is 2.12. The quantitative estimate of drug-likeness (QED) is 0.690. The summed E-state index contributed by atoms with van der Waals surface area (Å²) < 4.78 is 32.9. The summed E-state index contributed by atoms with van der Waals surface area (Å²) >= 11 is 0. The lowest BCUT2D eigenvalue weighted by Gasteiger charge is -2.09. The average Bonchev–Trinajstić information content (AvgIpc) is 2.85. The van der Waals surface area contributed by atoms with E-state index >= 15 is 0 Å². The minimum Gasteiger partial charge on any atom is -0.490 e. The van der Waals surface area contributed by atoms with E-state index in [1.165, 1.54) is 11.0 Å². The number of nitrogens with two attached hydrogens (primary N) is 1. The number of sulfonamides is 1. The highest BCUT2D eigenvalue weighted by molar-refractivity contribution is 7.89. The fourth-order valence-electron chi connectivity index (χ4n) is 1.58. The predicted octanol–water partition coefficient (Wildman–Crippen LogP) is -0.104. The van der Waals surface area contributed by atoms with E-state index in [1.807, 2.05) is 0 Å². The first-order chi connectivity index (χ1) is 9.96. The van der Waals surface area contributed by atoms with Crippen molar-refractivity contribution in [3.05, 3.63) is 36.4 Å². The van der Waals surface area contributed by atoms with Crippen LogP contribution in [0.2, 0.25) is 0 Å². The van der Waals surface area contributed by atoms with Gasteiger partial charge in [-0.2, -0.15) is 5.10 Å². The van der Waals surface area contributed by atoms with E-state index in [9.17, 15) is 8.42 Å². The third kappa shape index (κ3) is 4.72. The molecule has 0 bridgehead atoms. The maximum atomic E-state index is 11.8. The topological polar surface area (TPSA) is 112 Å². The van der Waals surface area contributed by atoms with Crippen molar-refractivity contribution in [2.45, 2.75) is 6.54 Å². The van der Waals surface area contributed by atoms with Crippen LogP contribution < -0.4 is 15.2 Å². The lowest BCUT2D eigenvalue weighted by atomic mass is 10.3. The first-order valence-corrected chi connectivity index (χ1v) is 7.91. The molecule has 0 saturated carbocycles. The maximum absolute atomic E-state index is 11.8. The highest BCUT2D eigenvalue weighted by atomic mass is 32.2. The van der Waals surface area contributed by atoms with Crippen LogP contribution in [-0.4, -0.2) is 35.5 Å². The molecule has 0 amide bonds. The molecule has 2 rings (SSSR count). The van der Waals surface area contributed by atoms with Crippen LogP contribution in [0.3, 0.4) is 0 Å². The first-order valence-electron chi connectivity index (χ1n) is 6.25. The summed E-state index contributed by atoms with van der Waals surface area (Å²) in [5.74, 6) is 0.710. The van der Waals surface area contributed by atoms with E-state index in [0.717, 1.165) is 0 Å². The SMILES string of the molecule is Cn1cnc(CNS(=O)(=O)CCOc2ccccc2N)n1. The number of anilines is 1. The molecule has 0 aliphatic carbocycles. The molecule has 3 N–H and O–H groups in total. The van der Waals surface area contributed by atoms with Crippen molar-refractivity contribution < 1.29 is 13.2 Å². The van der Waals surface area contributed by atoms with Gasteiger partial charge >= 0.3 is 0 Å². The Bertz CT molecular complexity index is 698. The van der Waals surface area contributed by atoms with E-state index in [2.05, 4.69) is 14.8 Å². The van der Waals surface area contributed by atoms with E-state index in [-0.39, 0.29) is 18.9 Å². The molecule has 9 heteroatoms. The molecule has 0 saturated heterocycles. The largest absolute Gasteiger partial charge is 0.490 e. The van der Waals surface area contributed by atoms with Crippen LogP contribution in [0.25, 0.3) is 0 Å². The van der Waals surface area contributed by atoms with Crippen molar-refractivity contribution in [3.63, 3.8) is 0 Å². The highest BCUT2D eigenvalue weighted by Crippen LogP contribution is 2.19. The van der Waals surface area contributed by atoms with Gasteiger partial charge in [0.15, 0.2) is 5.82 Å². The second-order valence-electron chi connectivity index (χ2n) is 4.36. The van der Waals surface area contributed by atoms with E-state index in [4.69, 9.17) is 10.5 Å². The van der Waals surface area contributed by atoms with E-state index < -0.39 is 10.0 Å². The van der Waals surface area contributed by atoms with Gasteiger partial charge in [0.25, 0.3) is 0 Å². The number of nitrogen functional groups attached to an aromatic ring is 1. The minimum atomic E-state index is -3.46. The van der Waals surface area contributed by atoms with Crippen molar-refractivity contribution in [2.75, 3.05) is 18.1 Å². The van der Waals surface area contributed by atoms with Crippen LogP contribution >= 0.6 is 0 Å². The summed E-state index contributed by atoms with van der Waals surface area (Å²) in [4.78, 5) is 3.94. The third-order valence-electron chi connectivity index (χ3n) is 2.63. The van der Waals surface area contributed by atoms with Gasteiger partial charge < -0.3 is 10.5 Å². The number of rotatable bonds is 7. The molecular formula is C12H17N5O3S. The van der Waals surface area contributed by atoms with Crippen molar-refractivity contribution in [1.29, 1.82) is 0 Å². The molecule has 0 radical (unpaired) electrons. The third-order valence-corrected chi connectivity index (χ3v) is 3.91. The van der Waals surface area contributed by atoms with Crippen molar-refractivity contribution in [1.82, 2.24) is 19.5 Å². The van der Waals surface area contributed by atoms with Gasteiger partial charge in [0.2, 0.25) is 10.0 Å². The number of aromatic nitrogens is 3. The fraction of sp³-hybridized carbons (Fsp3) is 0.333. The molecule has 21 heavy (non-hydrogen) atoms. The van der Waals surface area contributed by atoms with Crippen molar-refractivity contribution in [2.24, 2.45) is 7.05 Å². The van der Waals surface area contributed by atoms with Gasteiger partial charge in [-0.15, -0.1) is 0 Å². The molecule has 8 nitrogen and oxygen atoms in total. The van der Waals surface area contributed by atoms with Crippen LogP contribution in [0, 0.1) is 0 Å². The normalized spacial score (nSPS) is 11.5. The number of benzene rings is 1. The molecule has 0 unspecified atom stereocenters. The Labute approximate surface area is 123 Å². The molecule has 2 aromatic rings. The predicted molar refractivity (Wildman–Crippen MR) is 78.0 cm³/mol. The van der Waals surface area contributed by atoms with Gasteiger partial charge in [0.05, 0.1) is 18.0 Å². The Kier molecular flexibility index (Phi) is 4.76. The number of nitrogens with one attached hydrogen (secondary N) is 1.